The Labute approximate surface area is 60.8 Å². The van der Waals surface area contributed by atoms with Gasteiger partial charge in [-0.1, -0.05) is 6.92 Å². The Morgan fingerprint density at radius 1 is 1.75 bits per heavy atom. The van der Waals surface area contributed by atoms with Gasteiger partial charge in [0.2, 0.25) is 0 Å². The highest BCUT2D eigenvalue weighted by molar-refractivity contribution is 8.01. The summed E-state index contributed by atoms with van der Waals surface area (Å²) >= 11 is 6.29. The van der Waals surface area contributed by atoms with Gasteiger partial charge in [-0.15, -0.1) is 0 Å². The van der Waals surface area contributed by atoms with Gasteiger partial charge in [-0.05, 0) is 12.8 Å². The average molecular weight is 148 g/mol. The highest BCUT2D eigenvalue weighted by atomic mass is 32.2. The highest BCUT2D eigenvalue weighted by Crippen LogP contribution is 2.36. The molecule has 1 aliphatic carbocycles. The summed E-state index contributed by atoms with van der Waals surface area (Å²) in [4.78, 5) is 0. The molecule has 0 saturated heterocycles. The Bertz CT molecular complexity index is 68.9. The molecule has 0 aromatic rings. The van der Waals surface area contributed by atoms with Crippen LogP contribution in [0.25, 0.3) is 0 Å². The Balaban J connectivity index is 1.98. The molecule has 0 bridgehead atoms. The van der Waals surface area contributed by atoms with Crippen molar-refractivity contribution >= 4 is 24.4 Å². The second-order valence-electron chi connectivity index (χ2n) is 2.33. The van der Waals surface area contributed by atoms with Gasteiger partial charge in [0.1, 0.15) is 0 Å². The van der Waals surface area contributed by atoms with Gasteiger partial charge in [0, 0.05) is 16.3 Å². The normalized spacial score (nSPS) is 23.2. The summed E-state index contributed by atoms with van der Waals surface area (Å²) in [6.45, 7) is 2.25. The van der Waals surface area contributed by atoms with E-state index in [2.05, 4.69) is 31.3 Å². The minimum atomic E-state index is 0.769. The van der Waals surface area contributed by atoms with Gasteiger partial charge in [0.05, 0.1) is 0 Å². The number of thiol groups is 1. The first-order valence-corrected chi connectivity index (χ1v) is 4.66. The predicted molar refractivity (Wildman–Crippen MR) is 43.9 cm³/mol. The molecule has 1 aliphatic rings. The molecular formula is C6H12S2. The van der Waals surface area contributed by atoms with Crippen LogP contribution in [0.5, 0.6) is 0 Å². The first-order chi connectivity index (χ1) is 3.83. The van der Waals surface area contributed by atoms with Crippen LogP contribution in [0, 0.1) is 0 Å². The maximum absolute atomic E-state index is 4.20. The molecule has 0 spiro atoms. The van der Waals surface area contributed by atoms with Gasteiger partial charge >= 0.3 is 0 Å². The second-order valence-corrected chi connectivity index (χ2v) is 4.44. The first-order valence-electron chi connectivity index (χ1n) is 3.09. The van der Waals surface area contributed by atoms with Gasteiger partial charge < -0.3 is 0 Å². The third-order valence-electron chi connectivity index (χ3n) is 1.21. The molecule has 1 atom stereocenters. The molecule has 0 amide bonds. The van der Waals surface area contributed by atoms with Crippen molar-refractivity contribution in [2.24, 2.45) is 0 Å². The number of thioether (sulfide) groups is 1. The van der Waals surface area contributed by atoms with Crippen LogP contribution in [0.2, 0.25) is 0 Å². The maximum atomic E-state index is 4.20. The molecule has 0 aromatic carbocycles. The summed E-state index contributed by atoms with van der Waals surface area (Å²) in [7, 11) is 0. The Kier molecular flexibility index (Phi) is 2.57. The summed E-state index contributed by atoms with van der Waals surface area (Å²) < 4.78 is 0. The lowest BCUT2D eigenvalue weighted by molar-refractivity contribution is 1.13. The van der Waals surface area contributed by atoms with Crippen molar-refractivity contribution in [3.63, 3.8) is 0 Å². The van der Waals surface area contributed by atoms with E-state index in [0.29, 0.717) is 0 Å². The average Bonchev–Trinajstić information content (AvgIpc) is 2.50. The van der Waals surface area contributed by atoms with Gasteiger partial charge in [-0.2, -0.15) is 24.4 Å². The predicted octanol–water partition coefficient (Wildman–Crippen LogP) is 2.20. The van der Waals surface area contributed by atoms with Crippen LogP contribution in [-0.2, 0) is 0 Å². The minimum Gasteiger partial charge on any atom is -0.178 e. The van der Waals surface area contributed by atoms with Crippen molar-refractivity contribution in [2.75, 3.05) is 5.75 Å². The van der Waals surface area contributed by atoms with Crippen molar-refractivity contribution in [1.82, 2.24) is 0 Å². The molecule has 0 nitrogen and oxygen atoms in total. The molecule has 2 heteroatoms. The monoisotopic (exact) mass is 148 g/mol. The molecule has 0 N–H and O–H groups in total. The fourth-order valence-electron chi connectivity index (χ4n) is 0.576. The van der Waals surface area contributed by atoms with Gasteiger partial charge in [0.15, 0.2) is 0 Å². The molecule has 1 rings (SSSR count). The maximum Gasteiger partial charge on any atom is 0.0110 e. The topological polar surface area (TPSA) is 0 Å². The first kappa shape index (κ1) is 6.81. The summed E-state index contributed by atoms with van der Waals surface area (Å²) in [5.74, 6) is 1.03. The quantitative estimate of drug-likeness (QED) is 0.599. The molecule has 48 valence electrons. The van der Waals surface area contributed by atoms with Crippen LogP contribution in [0.4, 0.5) is 0 Å². The van der Waals surface area contributed by atoms with E-state index in [9.17, 15) is 0 Å². The molecular weight excluding hydrogens is 136 g/mol. The Hall–Kier alpha value is 0.700. The Morgan fingerprint density at radius 2 is 2.38 bits per heavy atom. The van der Waals surface area contributed by atoms with Crippen LogP contribution in [0.15, 0.2) is 0 Å². The molecule has 0 heterocycles. The van der Waals surface area contributed by atoms with E-state index in [1.807, 2.05) is 0 Å². The standard InChI is InChI=1S/C6H12S2/c1-5(4-7)8-6-2-3-6/h5-7H,2-4H2,1H3. The van der Waals surface area contributed by atoms with Crippen molar-refractivity contribution in [1.29, 1.82) is 0 Å². The van der Waals surface area contributed by atoms with Crippen molar-refractivity contribution in [2.45, 2.75) is 30.3 Å². The second kappa shape index (κ2) is 3.02. The largest absolute Gasteiger partial charge is 0.178 e. The highest BCUT2D eigenvalue weighted by Gasteiger charge is 2.23. The molecule has 1 saturated carbocycles. The number of hydrogen-bond acceptors (Lipinski definition) is 2. The van der Waals surface area contributed by atoms with Gasteiger partial charge in [-0.3, -0.25) is 0 Å². The molecule has 0 aromatic heterocycles. The fraction of sp³-hybridized carbons (Fsp3) is 1.00. The van der Waals surface area contributed by atoms with E-state index in [1.165, 1.54) is 12.8 Å². The van der Waals surface area contributed by atoms with Crippen LogP contribution < -0.4 is 0 Å². The van der Waals surface area contributed by atoms with Crippen molar-refractivity contribution in [3.05, 3.63) is 0 Å². The van der Waals surface area contributed by atoms with Crippen molar-refractivity contribution in [3.8, 4) is 0 Å². The molecule has 0 radical (unpaired) electrons. The van der Waals surface area contributed by atoms with Crippen LogP contribution in [-0.4, -0.2) is 16.3 Å². The minimum absolute atomic E-state index is 0.769. The third-order valence-corrected chi connectivity index (χ3v) is 3.49. The van der Waals surface area contributed by atoms with E-state index in [1.54, 1.807) is 0 Å². The van der Waals surface area contributed by atoms with Crippen LogP contribution in [0.3, 0.4) is 0 Å². The van der Waals surface area contributed by atoms with E-state index >= 15 is 0 Å². The molecule has 0 aliphatic heterocycles. The molecule has 8 heavy (non-hydrogen) atoms. The van der Waals surface area contributed by atoms with Crippen LogP contribution >= 0.6 is 24.4 Å². The molecule has 1 fully saturated rings. The van der Waals surface area contributed by atoms with E-state index < -0.39 is 0 Å². The van der Waals surface area contributed by atoms with Gasteiger partial charge in [0.25, 0.3) is 0 Å². The lowest BCUT2D eigenvalue weighted by Crippen LogP contribution is -1.97. The summed E-state index contributed by atoms with van der Waals surface area (Å²) in [5, 5.41) is 1.77. The third kappa shape index (κ3) is 2.31. The number of hydrogen-bond donors (Lipinski definition) is 1. The summed E-state index contributed by atoms with van der Waals surface area (Å²) in [6, 6.07) is 0. The van der Waals surface area contributed by atoms with Crippen LogP contribution in [0.1, 0.15) is 19.8 Å². The zero-order valence-electron chi connectivity index (χ0n) is 5.13. The molecule has 1 unspecified atom stereocenters. The summed E-state index contributed by atoms with van der Waals surface area (Å²) in [6.07, 6.45) is 2.89. The van der Waals surface area contributed by atoms with E-state index in [-0.39, 0.29) is 0 Å². The van der Waals surface area contributed by atoms with Gasteiger partial charge in [-0.25, -0.2) is 0 Å². The van der Waals surface area contributed by atoms with E-state index in [4.69, 9.17) is 0 Å². The number of rotatable bonds is 3. The van der Waals surface area contributed by atoms with Crippen molar-refractivity contribution < 1.29 is 0 Å². The smallest absolute Gasteiger partial charge is 0.0110 e. The summed E-state index contributed by atoms with van der Waals surface area (Å²) in [5.41, 5.74) is 0. The Morgan fingerprint density at radius 3 is 2.75 bits per heavy atom. The SMILES string of the molecule is CC(CS)SC1CC1. The lowest BCUT2D eigenvalue weighted by atomic mass is 10.6. The zero-order valence-corrected chi connectivity index (χ0v) is 6.84. The lowest BCUT2D eigenvalue weighted by Gasteiger charge is -2.03. The van der Waals surface area contributed by atoms with E-state index in [0.717, 1.165) is 16.3 Å². The zero-order chi connectivity index (χ0) is 5.98. The fourth-order valence-corrected chi connectivity index (χ4v) is 1.99.